The van der Waals surface area contributed by atoms with Crippen molar-refractivity contribution in [3.63, 3.8) is 0 Å². The number of nitrogens with zero attached hydrogens (tertiary/aromatic N) is 1. The highest BCUT2D eigenvalue weighted by Crippen LogP contribution is 2.17. The molecule has 4 heteroatoms. The highest BCUT2D eigenvalue weighted by Gasteiger charge is 2.23. The molecule has 19 heavy (non-hydrogen) atoms. The van der Waals surface area contributed by atoms with Gasteiger partial charge in [-0.2, -0.15) is 4.31 Å². The fraction of sp³-hybridized carbons (Fsp3) is 0.333. The first-order chi connectivity index (χ1) is 8.87. The molecular formula is C15H19NO2S. The SMILES string of the molecule is C=C(C)CN(CC#CC)S(=O)(=O)c1ccc(C)cc1. The molecule has 1 aromatic rings. The van der Waals surface area contributed by atoms with Crippen LogP contribution in [0.5, 0.6) is 0 Å². The summed E-state index contributed by atoms with van der Waals surface area (Å²) < 4.78 is 26.3. The first kappa shape index (κ1) is 15.5. The zero-order valence-electron chi connectivity index (χ0n) is 11.6. The zero-order valence-corrected chi connectivity index (χ0v) is 12.4. The molecule has 0 aliphatic carbocycles. The normalized spacial score (nSPS) is 10.9. The Hall–Kier alpha value is -1.57. The van der Waals surface area contributed by atoms with Crippen molar-refractivity contribution in [2.75, 3.05) is 13.1 Å². The predicted molar refractivity (Wildman–Crippen MR) is 78.2 cm³/mol. The summed E-state index contributed by atoms with van der Waals surface area (Å²) in [6, 6.07) is 6.82. The van der Waals surface area contributed by atoms with Gasteiger partial charge >= 0.3 is 0 Å². The van der Waals surface area contributed by atoms with Gasteiger partial charge in [0.25, 0.3) is 0 Å². The van der Waals surface area contributed by atoms with Gasteiger partial charge in [-0.3, -0.25) is 0 Å². The van der Waals surface area contributed by atoms with E-state index in [1.165, 1.54) is 4.31 Å². The molecule has 1 aromatic carbocycles. The van der Waals surface area contributed by atoms with Crippen LogP contribution < -0.4 is 0 Å². The van der Waals surface area contributed by atoms with Crippen LogP contribution in [0.4, 0.5) is 0 Å². The smallest absolute Gasteiger partial charge is 0.207 e. The second kappa shape index (κ2) is 6.55. The van der Waals surface area contributed by atoms with Gasteiger partial charge in [-0.05, 0) is 32.9 Å². The van der Waals surface area contributed by atoms with Crippen LogP contribution in [-0.4, -0.2) is 25.8 Å². The Morgan fingerprint density at radius 2 is 1.89 bits per heavy atom. The van der Waals surface area contributed by atoms with Crippen LogP contribution in [-0.2, 0) is 10.0 Å². The lowest BCUT2D eigenvalue weighted by Gasteiger charge is -2.20. The van der Waals surface area contributed by atoms with Crippen molar-refractivity contribution in [1.29, 1.82) is 0 Å². The van der Waals surface area contributed by atoms with Gasteiger partial charge in [0, 0.05) is 6.54 Å². The molecule has 0 saturated heterocycles. The van der Waals surface area contributed by atoms with Crippen molar-refractivity contribution < 1.29 is 8.42 Å². The van der Waals surface area contributed by atoms with E-state index < -0.39 is 10.0 Å². The highest BCUT2D eigenvalue weighted by atomic mass is 32.2. The Labute approximate surface area is 116 Å². The minimum Gasteiger partial charge on any atom is -0.207 e. The molecule has 0 fully saturated rings. The Bertz CT molecular complexity index is 604. The Morgan fingerprint density at radius 3 is 2.37 bits per heavy atom. The lowest BCUT2D eigenvalue weighted by atomic mass is 10.2. The molecule has 0 atom stereocenters. The van der Waals surface area contributed by atoms with Crippen molar-refractivity contribution in [2.24, 2.45) is 0 Å². The molecular weight excluding hydrogens is 258 g/mol. The van der Waals surface area contributed by atoms with Crippen LogP contribution in [0.25, 0.3) is 0 Å². The third-order valence-corrected chi connectivity index (χ3v) is 4.34. The molecule has 0 radical (unpaired) electrons. The van der Waals surface area contributed by atoms with Crippen molar-refractivity contribution >= 4 is 10.0 Å². The number of hydrogen-bond acceptors (Lipinski definition) is 2. The summed E-state index contributed by atoms with van der Waals surface area (Å²) in [4.78, 5) is 0.289. The van der Waals surface area contributed by atoms with Gasteiger partial charge in [0.2, 0.25) is 10.0 Å². The predicted octanol–water partition coefficient (Wildman–Crippen LogP) is 2.59. The van der Waals surface area contributed by atoms with Gasteiger partial charge in [0.05, 0.1) is 11.4 Å². The molecule has 0 spiro atoms. The number of sulfonamides is 1. The Morgan fingerprint density at radius 1 is 1.32 bits per heavy atom. The van der Waals surface area contributed by atoms with Gasteiger partial charge in [-0.15, -0.1) is 5.92 Å². The molecule has 0 aliphatic heterocycles. The highest BCUT2D eigenvalue weighted by molar-refractivity contribution is 7.89. The monoisotopic (exact) mass is 277 g/mol. The van der Waals surface area contributed by atoms with Crippen LogP contribution in [0.2, 0.25) is 0 Å². The molecule has 102 valence electrons. The van der Waals surface area contributed by atoms with Crippen molar-refractivity contribution in [2.45, 2.75) is 25.7 Å². The van der Waals surface area contributed by atoms with Crippen molar-refractivity contribution in [3.05, 3.63) is 42.0 Å². The summed E-state index contributed by atoms with van der Waals surface area (Å²) in [6.07, 6.45) is 0. The average Bonchev–Trinajstić information content (AvgIpc) is 2.34. The number of aryl methyl sites for hydroxylation is 1. The number of benzene rings is 1. The fourth-order valence-corrected chi connectivity index (χ4v) is 2.96. The molecule has 0 N–H and O–H groups in total. The molecule has 0 aromatic heterocycles. The van der Waals surface area contributed by atoms with Crippen LogP contribution in [0.1, 0.15) is 19.4 Å². The molecule has 0 bridgehead atoms. The molecule has 0 heterocycles. The minimum absolute atomic E-state index is 0.180. The van der Waals surface area contributed by atoms with E-state index in [1.54, 1.807) is 38.1 Å². The second-order valence-corrected chi connectivity index (χ2v) is 6.41. The lowest BCUT2D eigenvalue weighted by molar-refractivity contribution is 0.471. The zero-order chi connectivity index (χ0) is 14.5. The van der Waals surface area contributed by atoms with Gasteiger partial charge < -0.3 is 0 Å². The quantitative estimate of drug-likeness (QED) is 0.613. The molecule has 0 amide bonds. The molecule has 0 saturated carbocycles. The summed E-state index contributed by atoms with van der Waals surface area (Å²) in [5.41, 5.74) is 1.81. The first-order valence-corrected chi connectivity index (χ1v) is 7.42. The van der Waals surface area contributed by atoms with Crippen LogP contribution in [0.3, 0.4) is 0 Å². The van der Waals surface area contributed by atoms with E-state index in [4.69, 9.17) is 0 Å². The second-order valence-electron chi connectivity index (χ2n) is 4.47. The Kier molecular flexibility index (Phi) is 5.34. The summed E-state index contributed by atoms with van der Waals surface area (Å²) in [5.74, 6) is 5.51. The van der Waals surface area contributed by atoms with E-state index in [0.717, 1.165) is 11.1 Å². The summed E-state index contributed by atoms with van der Waals surface area (Å²) >= 11 is 0. The summed E-state index contributed by atoms with van der Waals surface area (Å²) in [7, 11) is -3.52. The van der Waals surface area contributed by atoms with E-state index >= 15 is 0 Å². The van der Waals surface area contributed by atoms with Crippen molar-refractivity contribution in [1.82, 2.24) is 4.31 Å². The van der Waals surface area contributed by atoms with Crippen LogP contribution in [0.15, 0.2) is 41.3 Å². The Balaban J connectivity index is 3.13. The van der Waals surface area contributed by atoms with Gasteiger partial charge in [-0.25, -0.2) is 8.42 Å². The first-order valence-electron chi connectivity index (χ1n) is 5.98. The standard InChI is InChI=1S/C15H19NO2S/c1-5-6-11-16(12-13(2)3)19(17,18)15-9-7-14(4)8-10-15/h7-10H,2,11-12H2,1,3-4H3. The molecule has 1 rings (SSSR count). The van der Waals surface area contributed by atoms with E-state index in [2.05, 4.69) is 18.4 Å². The van der Waals surface area contributed by atoms with Gasteiger partial charge in [0.1, 0.15) is 0 Å². The third-order valence-electron chi connectivity index (χ3n) is 2.54. The van der Waals surface area contributed by atoms with E-state index in [1.807, 2.05) is 6.92 Å². The third kappa shape index (κ3) is 4.23. The summed E-state index contributed by atoms with van der Waals surface area (Å²) in [6.45, 7) is 9.65. The molecule has 0 unspecified atom stereocenters. The number of hydrogen-bond donors (Lipinski definition) is 0. The lowest BCUT2D eigenvalue weighted by Crippen LogP contribution is -2.32. The minimum atomic E-state index is -3.52. The van der Waals surface area contributed by atoms with E-state index in [9.17, 15) is 8.42 Å². The molecule has 0 aliphatic rings. The summed E-state index contributed by atoms with van der Waals surface area (Å²) in [5, 5.41) is 0. The van der Waals surface area contributed by atoms with Crippen LogP contribution in [0, 0.1) is 18.8 Å². The number of rotatable bonds is 5. The topological polar surface area (TPSA) is 37.4 Å². The fourth-order valence-electron chi connectivity index (χ4n) is 1.55. The van der Waals surface area contributed by atoms with E-state index in [0.29, 0.717) is 0 Å². The maximum Gasteiger partial charge on any atom is 0.244 e. The van der Waals surface area contributed by atoms with Gasteiger partial charge in [-0.1, -0.05) is 35.8 Å². The van der Waals surface area contributed by atoms with Gasteiger partial charge in [0.15, 0.2) is 0 Å². The maximum atomic E-state index is 12.5. The average molecular weight is 277 g/mol. The van der Waals surface area contributed by atoms with Crippen molar-refractivity contribution in [3.8, 4) is 11.8 Å². The van der Waals surface area contributed by atoms with Crippen LogP contribution >= 0.6 is 0 Å². The maximum absolute atomic E-state index is 12.5. The largest absolute Gasteiger partial charge is 0.244 e. The van der Waals surface area contributed by atoms with E-state index in [-0.39, 0.29) is 18.0 Å². The molecule has 3 nitrogen and oxygen atoms in total.